The lowest BCUT2D eigenvalue weighted by Gasteiger charge is -2.12. The molecule has 0 aromatic heterocycles. The van der Waals surface area contributed by atoms with Gasteiger partial charge in [-0.1, -0.05) is 19.9 Å². The average molecular weight is 212 g/mol. The standard InChI is InChI=1S/C10H14O3.C2H6/c1-6-4-7(2)10(13-3)9(12)8(6)5-11;1-2/h4,11-12H,5H2,1-3H3;1-2H3. The van der Waals surface area contributed by atoms with Gasteiger partial charge in [0.2, 0.25) is 0 Å². The quantitative estimate of drug-likeness (QED) is 0.792. The molecule has 0 saturated heterocycles. The highest BCUT2D eigenvalue weighted by Gasteiger charge is 2.12. The van der Waals surface area contributed by atoms with Gasteiger partial charge in [0.1, 0.15) is 0 Å². The molecule has 3 nitrogen and oxygen atoms in total. The Bertz CT molecular complexity index is 291. The zero-order chi connectivity index (χ0) is 12.0. The van der Waals surface area contributed by atoms with Crippen LogP contribution >= 0.6 is 0 Å². The van der Waals surface area contributed by atoms with Crippen LogP contribution in [0.4, 0.5) is 0 Å². The minimum absolute atomic E-state index is 0.0440. The molecule has 1 rings (SSSR count). The van der Waals surface area contributed by atoms with Crippen LogP contribution < -0.4 is 4.74 Å². The van der Waals surface area contributed by atoms with Gasteiger partial charge in [-0.25, -0.2) is 0 Å². The van der Waals surface area contributed by atoms with Crippen LogP contribution in [0.3, 0.4) is 0 Å². The summed E-state index contributed by atoms with van der Waals surface area (Å²) in [5.41, 5.74) is 2.27. The highest BCUT2D eigenvalue weighted by atomic mass is 16.5. The molecule has 1 aromatic rings. The molecule has 0 aliphatic heterocycles. The third-order valence-corrected chi connectivity index (χ3v) is 2.13. The third-order valence-electron chi connectivity index (χ3n) is 2.13. The van der Waals surface area contributed by atoms with Gasteiger partial charge in [-0.15, -0.1) is 0 Å². The number of aromatic hydroxyl groups is 1. The zero-order valence-electron chi connectivity index (χ0n) is 10.1. The second kappa shape index (κ2) is 6.30. The maximum Gasteiger partial charge on any atom is 0.163 e. The average Bonchev–Trinajstić information content (AvgIpc) is 2.21. The van der Waals surface area contributed by atoms with Crippen molar-refractivity contribution in [3.05, 3.63) is 22.8 Å². The van der Waals surface area contributed by atoms with E-state index in [1.54, 1.807) is 0 Å². The fourth-order valence-electron chi connectivity index (χ4n) is 1.45. The topological polar surface area (TPSA) is 49.7 Å². The molecule has 1 aromatic carbocycles. The normalized spacial score (nSPS) is 9.20. The van der Waals surface area contributed by atoms with Gasteiger partial charge in [-0.3, -0.25) is 0 Å². The molecule has 0 spiro atoms. The highest BCUT2D eigenvalue weighted by molar-refractivity contribution is 5.53. The Morgan fingerprint density at radius 2 is 1.73 bits per heavy atom. The Balaban J connectivity index is 0.000000921. The molecule has 0 aliphatic rings. The van der Waals surface area contributed by atoms with Crippen molar-refractivity contribution >= 4 is 0 Å². The summed E-state index contributed by atoms with van der Waals surface area (Å²) >= 11 is 0. The number of hydrogen-bond donors (Lipinski definition) is 2. The fraction of sp³-hybridized carbons (Fsp3) is 0.500. The fourth-order valence-corrected chi connectivity index (χ4v) is 1.45. The molecule has 0 atom stereocenters. The number of phenols is 1. The van der Waals surface area contributed by atoms with Crippen molar-refractivity contribution < 1.29 is 14.9 Å². The summed E-state index contributed by atoms with van der Waals surface area (Å²) in [6, 6.07) is 1.88. The van der Waals surface area contributed by atoms with Crippen molar-refractivity contribution in [2.45, 2.75) is 34.3 Å². The number of rotatable bonds is 2. The molecule has 0 heterocycles. The number of aliphatic hydroxyl groups excluding tert-OH is 1. The lowest BCUT2D eigenvalue weighted by Crippen LogP contribution is -1.95. The van der Waals surface area contributed by atoms with Gasteiger partial charge in [0.25, 0.3) is 0 Å². The third kappa shape index (κ3) is 2.86. The smallest absolute Gasteiger partial charge is 0.163 e. The van der Waals surface area contributed by atoms with E-state index >= 15 is 0 Å². The van der Waals surface area contributed by atoms with Gasteiger partial charge < -0.3 is 14.9 Å². The van der Waals surface area contributed by atoms with Crippen LogP contribution in [-0.4, -0.2) is 17.3 Å². The Hall–Kier alpha value is -1.22. The van der Waals surface area contributed by atoms with E-state index in [4.69, 9.17) is 9.84 Å². The van der Waals surface area contributed by atoms with Crippen LogP contribution in [0, 0.1) is 13.8 Å². The number of ether oxygens (including phenoxy) is 1. The van der Waals surface area contributed by atoms with Crippen LogP contribution in [-0.2, 0) is 6.61 Å². The molecular formula is C12H20O3. The Kier molecular flexibility index (Phi) is 5.79. The predicted octanol–water partition coefficient (Wildman–Crippen LogP) is 2.54. The van der Waals surface area contributed by atoms with Crippen LogP contribution in [0.2, 0.25) is 0 Å². The SMILES string of the molecule is CC.COc1c(C)cc(C)c(CO)c1O. The number of methoxy groups -OCH3 is 1. The van der Waals surface area contributed by atoms with Gasteiger partial charge in [0, 0.05) is 5.56 Å². The first-order valence-corrected chi connectivity index (χ1v) is 5.08. The molecule has 0 unspecified atom stereocenters. The van der Waals surface area contributed by atoms with Crippen molar-refractivity contribution in [2.75, 3.05) is 7.11 Å². The number of aryl methyl sites for hydroxylation is 2. The minimum atomic E-state index is -0.172. The molecular weight excluding hydrogens is 192 g/mol. The van der Waals surface area contributed by atoms with Gasteiger partial charge >= 0.3 is 0 Å². The molecule has 0 radical (unpaired) electrons. The first-order valence-electron chi connectivity index (χ1n) is 5.08. The van der Waals surface area contributed by atoms with E-state index in [2.05, 4.69) is 0 Å². The zero-order valence-corrected chi connectivity index (χ0v) is 10.1. The summed E-state index contributed by atoms with van der Waals surface area (Å²) in [7, 11) is 1.50. The minimum Gasteiger partial charge on any atom is -0.504 e. The van der Waals surface area contributed by atoms with Crippen LogP contribution in [0.25, 0.3) is 0 Å². The van der Waals surface area contributed by atoms with Crippen LogP contribution in [0.5, 0.6) is 11.5 Å². The Labute approximate surface area is 91.3 Å². The lowest BCUT2D eigenvalue weighted by atomic mass is 10.0. The van der Waals surface area contributed by atoms with Gasteiger partial charge in [0.05, 0.1) is 13.7 Å². The van der Waals surface area contributed by atoms with Crippen LogP contribution in [0.15, 0.2) is 6.07 Å². The highest BCUT2D eigenvalue weighted by Crippen LogP contribution is 2.35. The van der Waals surface area contributed by atoms with E-state index in [1.807, 2.05) is 33.8 Å². The maximum absolute atomic E-state index is 9.67. The maximum atomic E-state index is 9.67. The van der Waals surface area contributed by atoms with E-state index in [0.717, 1.165) is 11.1 Å². The Morgan fingerprint density at radius 1 is 1.20 bits per heavy atom. The number of aliphatic hydroxyl groups is 1. The van der Waals surface area contributed by atoms with E-state index in [-0.39, 0.29) is 12.4 Å². The molecule has 0 bridgehead atoms. The van der Waals surface area contributed by atoms with Crippen molar-refractivity contribution in [3.8, 4) is 11.5 Å². The molecule has 0 amide bonds. The molecule has 0 saturated carbocycles. The second-order valence-electron chi connectivity index (χ2n) is 3.03. The van der Waals surface area contributed by atoms with E-state index in [1.165, 1.54) is 7.11 Å². The largest absolute Gasteiger partial charge is 0.504 e. The molecule has 2 N–H and O–H groups in total. The van der Waals surface area contributed by atoms with Gasteiger partial charge in [-0.05, 0) is 25.0 Å². The van der Waals surface area contributed by atoms with Crippen molar-refractivity contribution in [1.82, 2.24) is 0 Å². The van der Waals surface area contributed by atoms with Gasteiger partial charge in [0.15, 0.2) is 11.5 Å². The van der Waals surface area contributed by atoms with Gasteiger partial charge in [-0.2, -0.15) is 0 Å². The Morgan fingerprint density at radius 3 is 2.13 bits per heavy atom. The van der Waals surface area contributed by atoms with Crippen LogP contribution in [0.1, 0.15) is 30.5 Å². The van der Waals surface area contributed by atoms with Crippen molar-refractivity contribution in [2.24, 2.45) is 0 Å². The number of hydrogen-bond acceptors (Lipinski definition) is 3. The van der Waals surface area contributed by atoms with Crippen molar-refractivity contribution in [1.29, 1.82) is 0 Å². The lowest BCUT2D eigenvalue weighted by molar-refractivity contribution is 0.271. The summed E-state index contributed by atoms with van der Waals surface area (Å²) in [6.07, 6.45) is 0. The molecule has 0 fully saturated rings. The molecule has 0 aliphatic carbocycles. The summed E-state index contributed by atoms with van der Waals surface area (Å²) in [5, 5.41) is 18.7. The monoisotopic (exact) mass is 212 g/mol. The number of benzene rings is 1. The molecule has 3 heteroatoms. The summed E-state index contributed by atoms with van der Waals surface area (Å²) in [6.45, 7) is 7.53. The van der Waals surface area contributed by atoms with E-state index in [0.29, 0.717) is 11.3 Å². The molecule has 86 valence electrons. The van der Waals surface area contributed by atoms with Crippen molar-refractivity contribution in [3.63, 3.8) is 0 Å². The summed E-state index contributed by atoms with van der Waals surface area (Å²) in [4.78, 5) is 0. The predicted molar refractivity (Wildman–Crippen MR) is 61.4 cm³/mol. The van der Waals surface area contributed by atoms with E-state index in [9.17, 15) is 5.11 Å². The van der Waals surface area contributed by atoms with E-state index < -0.39 is 0 Å². The second-order valence-corrected chi connectivity index (χ2v) is 3.03. The summed E-state index contributed by atoms with van der Waals surface area (Å²) < 4.78 is 5.01. The first-order chi connectivity index (χ1) is 7.11. The summed E-state index contributed by atoms with van der Waals surface area (Å²) in [5.74, 6) is 0.483. The first kappa shape index (κ1) is 13.8. The molecule has 15 heavy (non-hydrogen) atoms.